The third-order valence-corrected chi connectivity index (χ3v) is 2.83. The quantitative estimate of drug-likeness (QED) is 0.653. The molecular formula is C16H12N2O. The average molecular weight is 248 g/mol. The molecule has 3 nitrogen and oxygen atoms in total. The third-order valence-electron chi connectivity index (χ3n) is 2.83. The summed E-state index contributed by atoms with van der Waals surface area (Å²) in [5, 5.41) is 1.80. The number of rotatable bonds is 0. The number of ether oxygens (including phenoxy) is 1. The van der Waals surface area contributed by atoms with E-state index in [1.165, 1.54) is 0 Å². The first-order valence-electron chi connectivity index (χ1n) is 5.98. The predicted molar refractivity (Wildman–Crippen MR) is 73.4 cm³/mol. The van der Waals surface area contributed by atoms with Gasteiger partial charge in [-0.15, -0.1) is 5.73 Å². The molecular weight excluding hydrogens is 236 g/mol. The molecule has 0 N–H and O–H groups in total. The molecule has 0 amide bonds. The van der Waals surface area contributed by atoms with Crippen LogP contribution in [0.2, 0.25) is 0 Å². The molecule has 2 heterocycles. The van der Waals surface area contributed by atoms with Crippen molar-refractivity contribution >= 4 is 6.08 Å². The molecule has 92 valence electrons. The zero-order chi connectivity index (χ0) is 13.1. The van der Waals surface area contributed by atoms with Crippen molar-refractivity contribution in [1.29, 1.82) is 0 Å². The highest BCUT2D eigenvalue weighted by molar-refractivity contribution is 5.44. The molecule has 0 atom stereocenters. The van der Waals surface area contributed by atoms with Gasteiger partial charge < -0.3 is 4.74 Å². The monoisotopic (exact) mass is 248 g/mol. The van der Waals surface area contributed by atoms with Gasteiger partial charge >= 0.3 is 0 Å². The van der Waals surface area contributed by atoms with Crippen LogP contribution < -0.4 is 10.6 Å². The fourth-order valence-electron chi connectivity index (χ4n) is 1.91. The van der Waals surface area contributed by atoms with E-state index in [1.54, 1.807) is 18.5 Å². The van der Waals surface area contributed by atoms with Gasteiger partial charge in [-0.25, -0.2) is 0 Å². The van der Waals surface area contributed by atoms with Gasteiger partial charge in [-0.2, -0.15) is 0 Å². The molecule has 3 heteroatoms. The maximum atomic E-state index is 5.76. The van der Waals surface area contributed by atoms with Crippen LogP contribution >= 0.6 is 0 Å². The van der Waals surface area contributed by atoms with Crippen molar-refractivity contribution < 1.29 is 4.74 Å². The number of hydrogen-bond donors (Lipinski definition) is 0. The molecule has 0 aromatic carbocycles. The smallest absolute Gasteiger partial charge is 0.140 e. The first-order chi connectivity index (χ1) is 9.33. The second-order valence-corrected chi connectivity index (χ2v) is 4.19. The zero-order valence-electron chi connectivity index (χ0n) is 10.3. The van der Waals surface area contributed by atoms with Crippen LogP contribution in [0.3, 0.4) is 0 Å². The highest BCUT2D eigenvalue weighted by Crippen LogP contribution is 2.16. The highest BCUT2D eigenvalue weighted by atomic mass is 16.5. The molecule has 0 unspecified atom stereocenters. The van der Waals surface area contributed by atoms with Crippen LogP contribution in [0.1, 0.15) is 0 Å². The van der Waals surface area contributed by atoms with Crippen molar-refractivity contribution in [3.63, 3.8) is 0 Å². The molecule has 1 aliphatic carbocycles. The summed E-state index contributed by atoms with van der Waals surface area (Å²) in [6.07, 6.45) is 12.9. The van der Waals surface area contributed by atoms with Gasteiger partial charge in [0, 0.05) is 29.3 Å². The van der Waals surface area contributed by atoms with Crippen molar-refractivity contribution in [3.05, 3.63) is 82.7 Å². The third kappa shape index (κ3) is 2.46. The molecule has 19 heavy (non-hydrogen) atoms. The summed E-state index contributed by atoms with van der Waals surface area (Å²) in [6, 6.07) is 1.89. The molecule has 0 bridgehead atoms. The molecule has 1 aromatic rings. The van der Waals surface area contributed by atoms with E-state index in [4.69, 9.17) is 4.74 Å². The van der Waals surface area contributed by atoms with Crippen molar-refractivity contribution in [3.8, 4) is 0 Å². The Balaban J connectivity index is 2.18. The number of hydrogen-bond acceptors (Lipinski definition) is 3. The van der Waals surface area contributed by atoms with Crippen LogP contribution in [0.15, 0.2) is 77.2 Å². The maximum Gasteiger partial charge on any atom is 0.140 e. The van der Waals surface area contributed by atoms with E-state index in [2.05, 4.69) is 22.3 Å². The Morgan fingerprint density at radius 1 is 1.37 bits per heavy atom. The molecule has 3 rings (SSSR count). The van der Waals surface area contributed by atoms with E-state index < -0.39 is 0 Å². The minimum Gasteiger partial charge on any atom is -0.457 e. The summed E-state index contributed by atoms with van der Waals surface area (Å²) in [6.45, 7) is 4.47. The predicted octanol–water partition coefficient (Wildman–Crippen LogP) is 1.56. The zero-order valence-corrected chi connectivity index (χ0v) is 10.3. The SMILES string of the molecule is C=C1/C=c2/cnccc2=NCC2=C(C=C=CC=C2)O1. The lowest BCUT2D eigenvalue weighted by Gasteiger charge is -2.07. The van der Waals surface area contributed by atoms with Crippen molar-refractivity contribution in [1.82, 2.24) is 4.98 Å². The maximum absolute atomic E-state index is 5.76. The van der Waals surface area contributed by atoms with Crippen LogP contribution in [-0.2, 0) is 4.74 Å². The Bertz CT molecular complexity index is 775. The molecule has 1 aliphatic heterocycles. The molecule has 0 radical (unpaired) electrons. The van der Waals surface area contributed by atoms with E-state index in [9.17, 15) is 0 Å². The van der Waals surface area contributed by atoms with E-state index in [0.717, 1.165) is 21.9 Å². The van der Waals surface area contributed by atoms with Gasteiger partial charge in [0.2, 0.25) is 0 Å². The molecule has 1 aromatic heterocycles. The van der Waals surface area contributed by atoms with Crippen molar-refractivity contribution in [2.45, 2.75) is 0 Å². The standard InChI is InChI=1S/C16H12N2O/c1-12-9-14-10-17-8-7-15(14)18-11-13-5-3-2-4-6-16(13)19-12/h2-3,5-10H,1,11H2/b14-9-,18-15?. The van der Waals surface area contributed by atoms with Crippen LogP contribution in [-0.4, -0.2) is 11.5 Å². The van der Waals surface area contributed by atoms with Crippen molar-refractivity contribution in [2.75, 3.05) is 6.54 Å². The fourth-order valence-corrected chi connectivity index (χ4v) is 1.91. The van der Waals surface area contributed by atoms with Gasteiger partial charge in [-0.3, -0.25) is 9.98 Å². The fraction of sp³-hybridized carbons (Fsp3) is 0.0625. The minimum atomic E-state index is 0.552. The number of fused-ring (bicyclic) bond motifs is 1. The lowest BCUT2D eigenvalue weighted by Crippen LogP contribution is -2.25. The van der Waals surface area contributed by atoms with E-state index in [-0.39, 0.29) is 0 Å². The Labute approximate surface area is 111 Å². The van der Waals surface area contributed by atoms with E-state index in [1.807, 2.05) is 30.4 Å². The summed E-state index contributed by atoms with van der Waals surface area (Å²) in [7, 11) is 0. The first kappa shape index (κ1) is 11.5. The Hall–Kier alpha value is -2.64. The average Bonchev–Trinajstić information content (AvgIpc) is 2.59. The first-order valence-corrected chi connectivity index (χ1v) is 5.98. The van der Waals surface area contributed by atoms with E-state index in [0.29, 0.717) is 12.3 Å². The normalized spacial score (nSPS) is 18.7. The summed E-state index contributed by atoms with van der Waals surface area (Å²) in [5.74, 6) is 1.29. The highest BCUT2D eigenvalue weighted by Gasteiger charge is 2.07. The van der Waals surface area contributed by atoms with Crippen LogP contribution in [0.5, 0.6) is 0 Å². The Morgan fingerprint density at radius 2 is 2.32 bits per heavy atom. The minimum absolute atomic E-state index is 0.552. The molecule has 0 spiro atoms. The Kier molecular flexibility index (Phi) is 2.97. The lowest BCUT2D eigenvalue weighted by atomic mass is 10.2. The molecule has 0 fully saturated rings. The Morgan fingerprint density at radius 3 is 3.26 bits per heavy atom. The summed E-state index contributed by atoms with van der Waals surface area (Å²) >= 11 is 0. The molecule has 0 saturated carbocycles. The summed E-state index contributed by atoms with van der Waals surface area (Å²) in [5.41, 5.74) is 4.03. The molecule has 2 aliphatic rings. The van der Waals surface area contributed by atoms with Gasteiger partial charge in [-0.05, 0) is 18.2 Å². The number of aromatic nitrogens is 1. The number of nitrogens with zero attached hydrogens (tertiary/aromatic N) is 2. The number of pyridine rings is 1. The number of allylic oxidation sites excluding steroid dienone is 3. The second kappa shape index (κ2) is 4.92. The van der Waals surface area contributed by atoms with Crippen LogP contribution in [0, 0.1) is 0 Å². The summed E-state index contributed by atoms with van der Waals surface area (Å²) < 4.78 is 5.76. The topological polar surface area (TPSA) is 34.5 Å². The van der Waals surface area contributed by atoms with Crippen LogP contribution in [0.25, 0.3) is 6.08 Å². The van der Waals surface area contributed by atoms with Crippen LogP contribution in [0.4, 0.5) is 0 Å². The van der Waals surface area contributed by atoms with Crippen molar-refractivity contribution in [2.24, 2.45) is 4.99 Å². The molecule has 0 saturated heterocycles. The van der Waals surface area contributed by atoms with Gasteiger partial charge in [0.25, 0.3) is 0 Å². The lowest BCUT2D eigenvalue weighted by molar-refractivity contribution is 0.341. The van der Waals surface area contributed by atoms with E-state index >= 15 is 0 Å². The van der Waals surface area contributed by atoms with Gasteiger partial charge in [0.15, 0.2) is 0 Å². The second-order valence-electron chi connectivity index (χ2n) is 4.19. The van der Waals surface area contributed by atoms with Gasteiger partial charge in [0.1, 0.15) is 11.5 Å². The summed E-state index contributed by atoms with van der Waals surface area (Å²) in [4.78, 5) is 8.70. The van der Waals surface area contributed by atoms with Gasteiger partial charge in [-0.1, -0.05) is 18.7 Å². The largest absolute Gasteiger partial charge is 0.457 e. The van der Waals surface area contributed by atoms with Gasteiger partial charge in [0.05, 0.1) is 11.9 Å².